The summed E-state index contributed by atoms with van der Waals surface area (Å²) in [6, 6.07) is 10.1. The predicted octanol–water partition coefficient (Wildman–Crippen LogP) is -15.7. The maximum atomic E-state index is 13.0. The van der Waals surface area contributed by atoms with Gasteiger partial charge >= 0.3 is 117 Å². The van der Waals surface area contributed by atoms with Crippen molar-refractivity contribution >= 4 is 113 Å². The van der Waals surface area contributed by atoms with Gasteiger partial charge in [-0.3, -0.25) is 63.6 Å². The number of nitrogens with one attached hydrogen (secondary N) is 5. The molecule has 0 spiro atoms. The maximum Gasteiger partial charge on any atom is 3.00 e. The molecule has 5 N–H and O–H groups in total. The minimum absolute atomic E-state index is 0. The van der Waals surface area contributed by atoms with E-state index in [4.69, 9.17) is 33.9 Å². The number of aromatic nitrogens is 2. The summed E-state index contributed by atoms with van der Waals surface area (Å²) in [5.74, 6) is -14.4. The molecule has 2 aromatic heterocycles. The number of amides is 4. The molecular formula is C64H78Gd2LuN15O24. The van der Waals surface area contributed by atoms with Crippen molar-refractivity contribution in [1.82, 2.24) is 60.6 Å². The Bertz CT molecular complexity index is 3640. The van der Waals surface area contributed by atoms with Crippen molar-refractivity contribution in [3.63, 3.8) is 0 Å². The first-order valence-electron chi connectivity index (χ1n) is 32.2. The molecule has 1 aromatic carbocycles. The third-order valence-electron chi connectivity index (χ3n) is 14.5. The van der Waals surface area contributed by atoms with Gasteiger partial charge in [-0.1, -0.05) is 30.4 Å². The number of nitrogens with zero attached hydrogens (tertiary/aromatic N) is 10. The summed E-state index contributed by atoms with van der Waals surface area (Å²) in [7, 11) is 0. The zero-order chi connectivity index (χ0) is 75.1. The summed E-state index contributed by atoms with van der Waals surface area (Å²) in [4.78, 5) is 171. The second-order valence-corrected chi connectivity index (χ2v) is 22.9. The van der Waals surface area contributed by atoms with E-state index in [1.54, 1.807) is 24.6 Å². The van der Waals surface area contributed by atoms with Gasteiger partial charge in [-0.15, -0.1) is 10.7 Å². The summed E-state index contributed by atoms with van der Waals surface area (Å²) < 4.78 is 23.4. The molecule has 2 radical (unpaired) electrons. The van der Waals surface area contributed by atoms with Crippen LogP contribution in [0.25, 0.3) is 12.2 Å². The van der Waals surface area contributed by atoms with Crippen LogP contribution in [0.3, 0.4) is 0 Å². The van der Waals surface area contributed by atoms with Crippen LogP contribution >= 0.6 is 0 Å². The van der Waals surface area contributed by atoms with E-state index in [-0.39, 0.29) is 259 Å². The second-order valence-electron chi connectivity index (χ2n) is 22.9. The maximum absolute atomic E-state index is 13.0. The Balaban J connectivity index is 0.0000127. The summed E-state index contributed by atoms with van der Waals surface area (Å²) in [6.45, 7) is -8.82. The Labute approximate surface area is 700 Å². The molecule has 1 atom stereocenters. The number of allylic oxidation sites excluding steroid dienone is 1. The first kappa shape index (κ1) is 95.2. The number of benzene rings is 1. The van der Waals surface area contributed by atoms with Crippen LogP contribution in [0.5, 0.6) is 11.5 Å². The second kappa shape index (κ2) is 53.0. The zero-order valence-corrected chi connectivity index (χ0v) is 63.1. The number of carboxylic acids is 8. The van der Waals surface area contributed by atoms with Crippen LogP contribution in [0.4, 0.5) is 11.4 Å². The van der Waals surface area contributed by atoms with Crippen molar-refractivity contribution in [1.29, 1.82) is 0 Å². The average molecular weight is 1930 g/mol. The molecule has 0 saturated heterocycles. The van der Waals surface area contributed by atoms with Crippen molar-refractivity contribution in [2.45, 2.75) is 18.9 Å². The van der Waals surface area contributed by atoms with E-state index < -0.39 is 143 Å². The fourth-order valence-corrected chi connectivity index (χ4v) is 9.79. The van der Waals surface area contributed by atoms with E-state index in [0.29, 0.717) is 28.1 Å². The average Bonchev–Trinajstić information content (AvgIpc) is 1.19. The Morgan fingerprint density at radius 1 is 0.425 bits per heavy atom. The first-order valence-corrected chi connectivity index (χ1v) is 32.2. The minimum atomic E-state index is -1.59. The molecule has 1 unspecified atom stereocenters. The molecule has 39 nitrogen and oxygen atoms in total. The smallest absolute Gasteiger partial charge is 0.658 e. The number of rotatable bonds is 52. The molecule has 4 heterocycles. The molecule has 2 aliphatic heterocycles. The van der Waals surface area contributed by atoms with E-state index in [1.165, 1.54) is 9.80 Å². The van der Waals surface area contributed by atoms with Gasteiger partial charge in [-0.2, -0.15) is 0 Å². The quantitative estimate of drug-likeness (QED) is 0.0328. The van der Waals surface area contributed by atoms with Crippen molar-refractivity contribution in [3.05, 3.63) is 70.6 Å². The topological polar surface area (TPSA) is 561 Å². The number of carbonyl (C=O) groups is 12. The molecule has 2 aliphatic rings. The number of aliphatic carboxylic acids is 8. The normalized spacial score (nSPS) is 13.3. The van der Waals surface area contributed by atoms with Crippen molar-refractivity contribution in [2.24, 2.45) is 15.0 Å². The number of aromatic amines is 1. The fourth-order valence-electron chi connectivity index (χ4n) is 9.79. The number of hydrogen-bond acceptors (Lipinski definition) is 33. The van der Waals surface area contributed by atoms with E-state index >= 15 is 0 Å². The van der Waals surface area contributed by atoms with E-state index in [9.17, 15) is 98.4 Å². The van der Waals surface area contributed by atoms with Gasteiger partial charge in [0.25, 0.3) is 0 Å². The Kier molecular flexibility index (Phi) is 47.6. The number of fused-ring (bicyclic) bond motifs is 6. The molecule has 4 amide bonds. The summed E-state index contributed by atoms with van der Waals surface area (Å²) in [5.41, 5.74) is 2.69. The monoisotopic (exact) mass is 1930 g/mol. The standard InChI is InChI=1S/C64H87N15O24.2Gd.Lu/c80-53(65-9-23-100-25-11-67-55(82)33-76(37-59(88)89)17-13-74(35-57(84)85)15-19-78(39-61(92)93)40-62(94)95)7-21-102-51-29-49-50(70-32-48-6-4-46(73-48)28-44-2-1-43(71-44)27-45-3-5-47(72-45)31-69-49)30-52(51)103-22-8-54(81)66-10-24-101-26-12-68-56(83)34-77(38-60(90)91)18-14-75(36-58(86)87)16-20-79(41-63(96)97)42-64(98)99;;;/h1-6,27-32,47H,7-26,33-42H2,(H14,65,66,67,68,70,71,72,73,80,81,82,83,84,85,86,87,88,89,90,91,92,93,94,95,96,97,98,99);;;/q;3*+3/p-9. The van der Waals surface area contributed by atoms with Gasteiger partial charge in [0, 0.05) is 155 Å². The van der Waals surface area contributed by atoms with Crippen molar-refractivity contribution in [3.8, 4) is 11.5 Å². The summed E-state index contributed by atoms with van der Waals surface area (Å²) in [6.07, 6.45) is 10.3. The van der Waals surface area contributed by atoms with Crippen LogP contribution in [0, 0.1) is 117 Å². The van der Waals surface area contributed by atoms with Gasteiger partial charge in [0.1, 0.15) is 6.04 Å². The number of H-pyrrole nitrogens is 1. The molecule has 584 valence electrons. The van der Waals surface area contributed by atoms with Gasteiger partial charge in [0.05, 0.1) is 142 Å². The largest absolute Gasteiger partial charge is 3.00 e. The number of aliphatic imine (C=N–C) groups is 3. The molecule has 0 aliphatic carbocycles. The number of carbonyl (C=O) groups excluding carboxylic acids is 12. The van der Waals surface area contributed by atoms with Crippen molar-refractivity contribution < 1.29 is 234 Å². The van der Waals surface area contributed by atoms with Crippen LogP contribution in [-0.2, 0) is 67.0 Å². The number of hydrogen-bond donors (Lipinski definition) is 5. The molecule has 0 fully saturated rings. The molecule has 0 saturated carbocycles. The van der Waals surface area contributed by atoms with Gasteiger partial charge < -0.3 is 129 Å². The molecule has 42 heteroatoms. The van der Waals surface area contributed by atoms with E-state index in [1.807, 2.05) is 48.6 Å². The third kappa shape index (κ3) is 42.0. The minimum Gasteiger partial charge on any atom is -0.658 e. The van der Waals surface area contributed by atoms with Crippen LogP contribution in [-0.4, -0.2) is 314 Å². The fraction of sp³-hybridized carbons (Fsp3) is 0.484. The zero-order valence-electron chi connectivity index (χ0n) is 57.0. The third-order valence-corrected chi connectivity index (χ3v) is 14.5. The van der Waals surface area contributed by atoms with E-state index in [0.717, 1.165) is 30.6 Å². The van der Waals surface area contributed by atoms with Gasteiger partial charge in [-0.25, -0.2) is 0 Å². The van der Waals surface area contributed by atoms with Crippen LogP contribution in [0.1, 0.15) is 24.2 Å². The molecule has 5 rings (SSSR count). The number of carboxylic acid groups (broad SMARTS) is 8. The summed E-state index contributed by atoms with van der Waals surface area (Å²) in [5, 5.41) is 102. The van der Waals surface area contributed by atoms with Gasteiger partial charge in [-0.05, 0) is 18.2 Å². The van der Waals surface area contributed by atoms with Gasteiger partial charge in [0.15, 0.2) is 11.5 Å². The van der Waals surface area contributed by atoms with Crippen LogP contribution in [0.2, 0.25) is 0 Å². The Morgan fingerprint density at radius 2 is 0.764 bits per heavy atom. The Hall–Kier alpha value is -6.93. The Morgan fingerprint density at radius 3 is 1.16 bits per heavy atom. The molecule has 3 aromatic rings. The predicted molar refractivity (Wildman–Crippen MR) is 343 cm³/mol. The van der Waals surface area contributed by atoms with E-state index in [2.05, 4.69) is 31.2 Å². The first-order chi connectivity index (χ1) is 49.2. The van der Waals surface area contributed by atoms with Crippen molar-refractivity contribution in [2.75, 3.05) is 184 Å². The van der Waals surface area contributed by atoms with Crippen LogP contribution < -0.4 is 87.3 Å². The number of ether oxygens (including phenoxy) is 4. The molecular weight excluding hydrogens is 1850 g/mol. The van der Waals surface area contributed by atoms with Gasteiger partial charge in [0.2, 0.25) is 23.6 Å². The SMILES string of the molecule is O=C([O-])CN(CCN(CC(=O)[O-])CC(=O)[O-])CCN(CC(=O)[O-])CC(=O)NCCOCCNC(=O)CCOc1cc2c(cc1OCCC(=O)NCCOCCNC(=O)CN(CCN(CCN(CC(=O)[O-])CC(=O)[O-])CC(=O)[O-])CC(=O)[O-])N=CC1C=CC(=N1)/C=c1/cc/c([n-]1)=C/c1ccc([nH]1)C=N2.[Gd+3].[Gd+3].[Lu+3]. The molecule has 106 heavy (non-hydrogen) atoms. The summed E-state index contributed by atoms with van der Waals surface area (Å²) >= 11 is 0. The molecule has 6 bridgehead atoms. The van der Waals surface area contributed by atoms with Crippen LogP contribution in [0.15, 0.2) is 63.5 Å².